The van der Waals surface area contributed by atoms with Crippen molar-refractivity contribution in [1.29, 1.82) is 0 Å². The first-order chi connectivity index (χ1) is 9.63. The van der Waals surface area contributed by atoms with E-state index >= 15 is 0 Å². The molecule has 20 heavy (non-hydrogen) atoms. The summed E-state index contributed by atoms with van der Waals surface area (Å²) < 4.78 is 0. The third-order valence-corrected chi connectivity index (χ3v) is 3.87. The van der Waals surface area contributed by atoms with Crippen LogP contribution in [0.25, 0.3) is 0 Å². The highest BCUT2D eigenvalue weighted by atomic mass is 16.2. The quantitative estimate of drug-likeness (QED) is 0.792. The number of hydrogen-bond acceptors (Lipinski definition) is 2. The fourth-order valence-electron chi connectivity index (χ4n) is 2.38. The maximum Gasteiger partial charge on any atom is 0.227 e. The lowest BCUT2D eigenvalue weighted by Crippen LogP contribution is -2.43. The van der Waals surface area contributed by atoms with E-state index in [9.17, 15) is 4.79 Å². The minimum atomic E-state index is -0.0438. The van der Waals surface area contributed by atoms with Gasteiger partial charge in [0.25, 0.3) is 0 Å². The van der Waals surface area contributed by atoms with Gasteiger partial charge in [0.05, 0.1) is 5.92 Å². The maximum atomic E-state index is 12.7. The summed E-state index contributed by atoms with van der Waals surface area (Å²) in [6.07, 6.45) is 2.83. The molecule has 0 saturated carbocycles. The molecule has 0 aliphatic heterocycles. The second kappa shape index (κ2) is 8.75. The highest BCUT2D eigenvalue weighted by Gasteiger charge is 2.25. The molecule has 0 aromatic heterocycles. The summed E-state index contributed by atoms with van der Waals surface area (Å²) in [4.78, 5) is 14.7. The van der Waals surface area contributed by atoms with E-state index in [0.29, 0.717) is 13.1 Å². The van der Waals surface area contributed by atoms with Crippen molar-refractivity contribution in [1.82, 2.24) is 4.90 Å². The molecule has 1 aromatic rings. The van der Waals surface area contributed by atoms with Crippen LogP contribution in [0, 0.1) is 5.92 Å². The number of rotatable bonds is 8. The standard InChI is InChI=1S/C17H28N2O/c1-4-9-16(12-18)17(20)19(14(3)5-2)13-15-10-7-6-8-11-15/h6-8,10-11,14,16H,4-5,9,12-13,18H2,1-3H3. The lowest BCUT2D eigenvalue weighted by molar-refractivity contribution is -0.138. The van der Waals surface area contributed by atoms with Crippen molar-refractivity contribution >= 4 is 5.91 Å². The van der Waals surface area contributed by atoms with Gasteiger partial charge in [0.2, 0.25) is 5.91 Å². The first-order valence-corrected chi connectivity index (χ1v) is 7.68. The molecule has 1 amide bonds. The number of nitrogens with two attached hydrogens (primary N) is 1. The minimum absolute atomic E-state index is 0.0438. The summed E-state index contributed by atoms with van der Waals surface area (Å²) in [5.41, 5.74) is 6.96. The van der Waals surface area contributed by atoms with Gasteiger partial charge in [-0.1, -0.05) is 50.6 Å². The highest BCUT2D eigenvalue weighted by molar-refractivity contribution is 5.79. The fraction of sp³-hybridized carbons (Fsp3) is 0.588. The van der Waals surface area contributed by atoms with E-state index < -0.39 is 0 Å². The lowest BCUT2D eigenvalue weighted by Gasteiger charge is -2.32. The van der Waals surface area contributed by atoms with Crippen molar-refractivity contribution in [2.75, 3.05) is 6.54 Å². The second-order valence-corrected chi connectivity index (χ2v) is 5.43. The smallest absolute Gasteiger partial charge is 0.227 e. The van der Waals surface area contributed by atoms with Gasteiger partial charge in [0, 0.05) is 19.1 Å². The van der Waals surface area contributed by atoms with E-state index in [1.54, 1.807) is 0 Å². The molecular weight excluding hydrogens is 248 g/mol. The molecule has 112 valence electrons. The molecule has 0 aliphatic rings. The minimum Gasteiger partial charge on any atom is -0.335 e. The molecule has 3 heteroatoms. The fourth-order valence-corrected chi connectivity index (χ4v) is 2.38. The number of benzene rings is 1. The van der Waals surface area contributed by atoms with Crippen molar-refractivity contribution in [3.8, 4) is 0 Å². The van der Waals surface area contributed by atoms with Crippen LogP contribution in [-0.4, -0.2) is 23.4 Å². The second-order valence-electron chi connectivity index (χ2n) is 5.43. The summed E-state index contributed by atoms with van der Waals surface area (Å²) in [5, 5.41) is 0. The van der Waals surface area contributed by atoms with E-state index in [4.69, 9.17) is 5.73 Å². The number of carbonyl (C=O) groups excluding carboxylic acids is 1. The van der Waals surface area contributed by atoms with Gasteiger partial charge in [-0.15, -0.1) is 0 Å². The van der Waals surface area contributed by atoms with Gasteiger partial charge in [0.15, 0.2) is 0 Å². The Bertz CT molecular complexity index is 391. The average molecular weight is 276 g/mol. The Kier molecular flexibility index (Phi) is 7.31. The Hall–Kier alpha value is -1.35. The SMILES string of the molecule is CCCC(CN)C(=O)N(Cc1ccccc1)C(C)CC. The van der Waals surface area contributed by atoms with E-state index in [1.807, 2.05) is 23.1 Å². The Balaban J connectivity index is 2.85. The van der Waals surface area contributed by atoms with Gasteiger partial charge in [-0.3, -0.25) is 4.79 Å². The molecule has 0 saturated heterocycles. The molecule has 0 spiro atoms. The maximum absolute atomic E-state index is 12.7. The molecule has 1 aromatic carbocycles. The molecule has 1 rings (SSSR count). The van der Waals surface area contributed by atoms with Crippen molar-refractivity contribution in [3.63, 3.8) is 0 Å². The van der Waals surface area contributed by atoms with Crippen molar-refractivity contribution in [3.05, 3.63) is 35.9 Å². The van der Waals surface area contributed by atoms with Crippen LogP contribution < -0.4 is 5.73 Å². The summed E-state index contributed by atoms with van der Waals surface area (Å²) in [7, 11) is 0. The van der Waals surface area contributed by atoms with Crippen molar-refractivity contribution in [2.45, 2.75) is 52.6 Å². The summed E-state index contributed by atoms with van der Waals surface area (Å²) in [5.74, 6) is 0.158. The Morgan fingerprint density at radius 2 is 1.90 bits per heavy atom. The van der Waals surface area contributed by atoms with Crippen LogP contribution in [0.5, 0.6) is 0 Å². The molecule has 0 heterocycles. The van der Waals surface area contributed by atoms with Crippen molar-refractivity contribution in [2.24, 2.45) is 11.7 Å². The topological polar surface area (TPSA) is 46.3 Å². The van der Waals surface area contributed by atoms with Crippen molar-refractivity contribution < 1.29 is 4.79 Å². The Labute approximate surface area is 123 Å². The van der Waals surface area contributed by atoms with E-state index in [1.165, 1.54) is 5.56 Å². The van der Waals surface area contributed by atoms with Gasteiger partial charge in [-0.05, 0) is 25.3 Å². The number of carbonyl (C=O) groups is 1. The van der Waals surface area contributed by atoms with Crippen LogP contribution in [0.15, 0.2) is 30.3 Å². The first kappa shape index (κ1) is 16.7. The van der Waals surface area contributed by atoms with Crippen LogP contribution in [0.4, 0.5) is 0 Å². The largest absolute Gasteiger partial charge is 0.335 e. The monoisotopic (exact) mass is 276 g/mol. The zero-order valence-electron chi connectivity index (χ0n) is 13.0. The van der Waals surface area contributed by atoms with Crippen LogP contribution in [0.2, 0.25) is 0 Å². The van der Waals surface area contributed by atoms with Gasteiger partial charge in [0.1, 0.15) is 0 Å². The zero-order valence-corrected chi connectivity index (χ0v) is 13.0. The normalized spacial score (nSPS) is 13.8. The molecule has 2 N–H and O–H groups in total. The van der Waals surface area contributed by atoms with Gasteiger partial charge in [-0.2, -0.15) is 0 Å². The van der Waals surface area contributed by atoms with Gasteiger partial charge in [-0.25, -0.2) is 0 Å². The Morgan fingerprint density at radius 1 is 1.25 bits per heavy atom. The molecular formula is C17H28N2O. The number of hydrogen-bond donors (Lipinski definition) is 1. The average Bonchev–Trinajstić information content (AvgIpc) is 2.50. The summed E-state index contributed by atoms with van der Waals surface area (Å²) in [6.45, 7) is 7.44. The third kappa shape index (κ3) is 4.64. The summed E-state index contributed by atoms with van der Waals surface area (Å²) >= 11 is 0. The van der Waals surface area contributed by atoms with E-state index in [-0.39, 0.29) is 17.9 Å². The highest BCUT2D eigenvalue weighted by Crippen LogP contribution is 2.17. The molecule has 0 fully saturated rings. The van der Waals surface area contributed by atoms with E-state index in [2.05, 4.69) is 32.9 Å². The third-order valence-electron chi connectivity index (χ3n) is 3.87. The molecule has 0 bridgehead atoms. The molecule has 0 radical (unpaired) electrons. The molecule has 3 nitrogen and oxygen atoms in total. The first-order valence-electron chi connectivity index (χ1n) is 7.68. The lowest BCUT2D eigenvalue weighted by atomic mass is 10.00. The Morgan fingerprint density at radius 3 is 2.40 bits per heavy atom. The molecule has 0 aliphatic carbocycles. The zero-order chi connectivity index (χ0) is 15.0. The predicted molar refractivity (Wildman–Crippen MR) is 84.2 cm³/mol. The number of nitrogens with zero attached hydrogens (tertiary/aromatic N) is 1. The van der Waals surface area contributed by atoms with Crippen LogP contribution in [0.3, 0.4) is 0 Å². The predicted octanol–water partition coefficient (Wildman–Crippen LogP) is 3.19. The van der Waals surface area contributed by atoms with Crippen LogP contribution in [0.1, 0.15) is 45.6 Å². The van der Waals surface area contributed by atoms with Crippen LogP contribution >= 0.6 is 0 Å². The molecule has 2 unspecified atom stereocenters. The van der Waals surface area contributed by atoms with Gasteiger partial charge >= 0.3 is 0 Å². The summed E-state index contributed by atoms with van der Waals surface area (Å²) in [6, 6.07) is 10.4. The number of amides is 1. The van der Waals surface area contributed by atoms with Crippen LogP contribution in [-0.2, 0) is 11.3 Å². The van der Waals surface area contributed by atoms with E-state index in [0.717, 1.165) is 19.3 Å². The van der Waals surface area contributed by atoms with Gasteiger partial charge < -0.3 is 10.6 Å². The molecule has 2 atom stereocenters.